The van der Waals surface area contributed by atoms with Gasteiger partial charge in [0.25, 0.3) is 0 Å². The van der Waals surface area contributed by atoms with Crippen molar-refractivity contribution in [3.8, 4) is 0 Å². The van der Waals surface area contributed by atoms with Crippen molar-refractivity contribution in [1.82, 2.24) is 0 Å². The molecule has 0 fully saturated rings. The predicted molar refractivity (Wildman–Crippen MR) is 56.9 cm³/mol. The third kappa shape index (κ3) is 4.21. The largest absolute Gasteiger partial charge is 0.288 e. The molecule has 0 atom stereocenters. The highest BCUT2D eigenvalue weighted by Crippen LogP contribution is 1.98. The van der Waals surface area contributed by atoms with Crippen molar-refractivity contribution in [2.75, 3.05) is 0 Å². The van der Waals surface area contributed by atoms with Crippen LogP contribution in [-0.4, -0.2) is 11.5 Å². The van der Waals surface area contributed by atoms with Gasteiger partial charge in [-0.2, -0.15) is 0 Å². The Kier molecular flexibility index (Phi) is 5.44. The van der Waals surface area contributed by atoms with E-state index in [0.717, 1.165) is 12.0 Å². The molecular formula is C11H15NO. The smallest absolute Gasteiger partial charge is 0.203 e. The highest BCUT2D eigenvalue weighted by molar-refractivity contribution is 6.47. The summed E-state index contributed by atoms with van der Waals surface area (Å²) in [5.41, 5.74) is 1.46. The number of allylic oxidation sites excluding steroid dienone is 3. The summed E-state index contributed by atoms with van der Waals surface area (Å²) in [6.07, 6.45) is 5.27. The maximum absolute atomic E-state index is 11.1. The SMILES string of the molecule is C=CC(=O)C(C=C)=NC=C(C)CC. The number of nitrogens with zero attached hydrogens (tertiary/aromatic N) is 1. The highest BCUT2D eigenvalue weighted by Gasteiger charge is 2.00. The molecule has 2 nitrogen and oxygen atoms in total. The number of hydrogen-bond acceptors (Lipinski definition) is 2. The molecule has 0 aromatic carbocycles. The highest BCUT2D eigenvalue weighted by atomic mass is 16.1. The lowest BCUT2D eigenvalue weighted by molar-refractivity contribution is -0.108. The lowest BCUT2D eigenvalue weighted by Gasteiger charge is -1.93. The maximum Gasteiger partial charge on any atom is 0.203 e. The fourth-order valence-corrected chi connectivity index (χ4v) is 0.593. The number of aliphatic imine (C=N–C) groups is 1. The van der Waals surface area contributed by atoms with Crippen molar-refractivity contribution < 1.29 is 4.79 Å². The van der Waals surface area contributed by atoms with Crippen LogP contribution in [0.2, 0.25) is 0 Å². The first kappa shape index (κ1) is 11.6. The molecular weight excluding hydrogens is 162 g/mol. The Morgan fingerprint density at radius 2 is 2.00 bits per heavy atom. The third-order valence-electron chi connectivity index (χ3n) is 1.61. The van der Waals surface area contributed by atoms with E-state index >= 15 is 0 Å². The zero-order valence-corrected chi connectivity index (χ0v) is 8.21. The third-order valence-corrected chi connectivity index (χ3v) is 1.61. The Labute approximate surface area is 79.4 Å². The second-order valence-electron chi connectivity index (χ2n) is 2.62. The molecule has 0 radical (unpaired) electrons. The minimum Gasteiger partial charge on any atom is -0.288 e. The summed E-state index contributed by atoms with van der Waals surface area (Å²) in [4.78, 5) is 15.1. The van der Waals surface area contributed by atoms with Gasteiger partial charge in [-0.3, -0.25) is 9.79 Å². The molecule has 0 bridgehead atoms. The molecule has 0 aromatic heterocycles. The van der Waals surface area contributed by atoms with E-state index in [1.165, 1.54) is 12.2 Å². The van der Waals surface area contributed by atoms with Crippen molar-refractivity contribution >= 4 is 11.5 Å². The molecule has 0 amide bonds. The molecule has 0 heterocycles. The minimum absolute atomic E-state index is 0.199. The molecule has 70 valence electrons. The van der Waals surface area contributed by atoms with Gasteiger partial charge in [-0.15, -0.1) is 0 Å². The lowest BCUT2D eigenvalue weighted by Crippen LogP contribution is -2.06. The molecule has 2 heteroatoms. The van der Waals surface area contributed by atoms with Crippen LogP contribution in [0.15, 0.2) is 42.1 Å². The van der Waals surface area contributed by atoms with Crippen LogP contribution in [0.5, 0.6) is 0 Å². The molecule has 0 N–H and O–H groups in total. The van der Waals surface area contributed by atoms with Crippen LogP contribution < -0.4 is 0 Å². The molecule has 0 saturated heterocycles. The van der Waals surface area contributed by atoms with Gasteiger partial charge < -0.3 is 0 Å². The van der Waals surface area contributed by atoms with Crippen LogP contribution in [0.1, 0.15) is 20.3 Å². The fraction of sp³-hybridized carbons (Fsp3) is 0.273. The summed E-state index contributed by atoms with van der Waals surface area (Å²) in [5.74, 6) is -0.199. The topological polar surface area (TPSA) is 29.4 Å². The summed E-state index contributed by atoms with van der Waals surface area (Å²) < 4.78 is 0. The maximum atomic E-state index is 11.1. The average molecular weight is 177 g/mol. The van der Waals surface area contributed by atoms with E-state index in [9.17, 15) is 4.79 Å². The van der Waals surface area contributed by atoms with Gasteiger partial charge in [-0.05, 0) is 25.5 Å². The summed E-state index contributed by atoms with van der Waals surface area (Å²) in [5, 5.41) is 0. The van der Waals surface area contributed by atoms with Crippen molar-refractivity contribution in [3.05, 3.63) is 37.1 Å². The van der Waals surface area contributed by atoms with Crippen molar-refractivity contribution in [2.45, 2.75) is 20.3 Å². The van der Waals surface area contributed by atoms with Crippen molar-refractivity contribution in [1.29, 1.82) is 0 Å². The molecule has 0 aromatic rings. The van der Waals surface area contributed by atoms with Gasteiger partial charge in [0.1, 0.15) is 5.71 Å². The summed E-state index contributed by atoms with van der Waals surface area (Å²) in [7, 11) is 0. The van der Waals surface area contributed by atoms with Crippen LogP contribution in [0.25, 0.3) is 0 Å². The Morgan fingerprint density at radius 3 is 2.38 bits per heavy atom. The second-order valence-corrected chi connectivity index (χ2v) is 2.62. The van der Waals surface area contributed by atoms with E-state index in [4.69, 9.17) is 0 Å². The van der Waals surface area contributed by atoms with Gasteiger partial charge in [0.15, 0.2) is 0 Å². The average Bonchev–Trinajstić information content (AvgIpc) is 2.17. The van der Waals surface area contributed by atoms with Gasteiger partial charge in [0.2, 0.25) is 5.78 Å². The number of ketones is 1. The first-order valence-electron chi connectivity index (χ1n) is 4.18. The van der Waals surface area contributed by atoms with E-state index in [0.29, 0.717) is 5.71 Å². The van der Waals surface area contributed by atoms with Gasteiger partial charge in [-0.1, -0.05) is 25.7 Å². The zero-order chi connectivity index (χ0) is 10.3. The number of carbonyl (C=O) groups excluding carboxylic acids is 1. The Bertz CT molecular complexity index is 272. The normalized spacial score (nSPS) is 12.5. The Hall–Kier alpha value is -1.44. The minimum atomic E-state index is -0.199. The van der Waals surface area contributed by atoms with Crippen molar-refractivity contribution in [3.63, 3.8) is 0 Å². The van der Waals surface area contributed by atoms with Gasteiger partial charge in [0.05, 0.1) is 0 Å². The molecule has 0 aliphatic carbocycles. The first-order chi connectivity index (χ1) is 6.15. The number of hydrogen-bond donors (Lipinski definition) is 0. The molecule has 0 aliphatic heterocycles. The van der Waals surface area contributed by atoms with Crippen LogP contribution in [0.4, 0.5) is 0 Å². The molecule has 13 heavy (non-hydrogen) atoms. The zero-order valence-electron chi connectivity index (χ0n) is 8.21. The monoisotopic (exact) mass is 177 g/mol. The summed E-state index contributed by atoms with van der Waals surface area (Å²) in [6, 6.07) is 0. The van der Waals surface area contributed by atoms with Crippen molar-refractivity contribution in [2.24, 2.45) is 4.99 Å². The summed E-state index contributed by atoms with van der Waals surface area (Å²) >= 11 is 0. The van der Waals surface area contributed by atoms with E-state index in [2.05, 4.69) is 18.2 Å². The molecule has 0 saturated carbocycles. The van der Waals surface area contributed by atoms with Gasteiger partial charge in [0, 0.05) is 6.20 Å². The first-order valence-corrected chi connectivity index (χ1v) is 4.18. The van der Waals surface area contributed by atoms with Gasteiger partial charge in [-0.25, -0.2) is 0 Å². The van der Waals surface area contributed by atoms with Crippen LogP contribution in [0.3, 0.4) is 0 Å². The van der Waals surface area contributed by atoms with E-state index < -0.39 is 0 Å². The molecule has 0 rings (SSSR count). The predicted octanol–water partition coefficient (Wildman–Crippen LogP) is 2.68. The molecule has 0 unspecified atom stereocenters. The van der Waals surface area contributed by atoms with Crippen LogP contribution in [0, 0.1) is 0 Å². The van der Waals surface area contributed by atoms with E-state index in [1.807, 2.05) is 13.8 Å². The Balaban J connectivity index is 4.67. The standard InChI is InChI=1S/C11H15NO/c1-5-9(4)8-12-10(6-2)11(13)7-3/h6-8H,2-3,5H2,1,4H3. The number of carbonyl (C=O) groups is 1. The number of rotatable bonds is 5. The second kappa shape index (κ2) is 6.12. The summed E-state index contributed by atoms with van der Waals surface area (Å²) in [6.45, 7) is 10.9. The lowest BCUT2D eigenvalue weighted by atomic mass is 10.2. The van der Waals surface area contributed by atoms with Crippen LogP contribution >= 0.6 is 0 Å². The van der Waals surface area contributed by atoms with Gasteiger partial charge >= 0.3 is 0 Å². The fourth-order valence-electron chi connectivity index (χ4n) is 0.593. The van der Waals surface area contributed by atoms with Crippen LogP contribution in [-0.2, 0) is 4.79 Å². The quantitative estimate of drug-likeness (QED) is 0.469. The molecule has 0 aliphatic rings. The molecule has 0 spiro atoms. The van der Waals surface area contributed by atoms with E-state index in [-0.39, 0.29) is 5.78 Å². The Morgan fingerprint density at radius 1 is 1.38 bits per heavy atom. The van der Waals surface area contributed by atoms with E-state index in [1.54, 1.807) is 6.20 Å².